The van der Waals surface area contributed by atoms with Gasteiger partial charge in [0.25, 0.3) is 5.91 Å². The number of nitrogens with zero attached hydrogens (tertiary/aromatic N) is 3. The van der Waals surface area contributed by atoms with Crippen molar-refractivity contribution in [2.75, 3.05) is 42.9 Å². The summed E-state index contributed by atoms with van der Waals surface area (Å²) >= 11 is 0. The zero-order valence-electron chi connectivity index (χ0n) is 16.0. The maximum absolute atomic E-state index is 13.1. The number of hydrogen-bond donors (Lipinski definition) is 1. The number of carbonyl (C=O) groups is 1. The van der Waals surface area contributed by atoms with Gasteiger partial charge in [-0.3, -0.25) is 9.69 Å². The van der Waals surface area contributed by atoms with Crippen LogP contribution in [0, 0.1) is 5.92 Å². The third kappa shape index (κ3) is 4.53. The fourth-order valence-corrected chi connectivity index (χ4v) is 4.13. The Bertz CT molecular complexity index is 886. The number of likely N-dealkylation sites (tertiary alicyclic amines) is 1. The molecule has 1 fully saturated rings. The molecule has 4 rings (SSSR count). The first-order valence-electron chi connectivity index (χ1n) is 9.78. The highest BCUT2D eigenvalue weighted by Gasteiger charge is 2.34. The van der Waals surface area contributed by atoms with Gasteiger partial charge in [0, 0.05) is 31.5 Å². The molecule has 8 heteroatoms. The fourth-order valence-electron chi connectivity index (χ4n) is 4.13. The molecule has 0 radical (unpaired) electrons. The van der Waals surface area contributed by atoms with Gasteiger partial charge in [-0.1, -0.05) is 18.2 Å². The number of pyridine rings is 1. The van der Waals surface area contributed by atoms with Crippen molar-refractivity contribution >= 4 is 17.4 Å². The third-order valence-corrected chi connectivity index (χ3v) is 5.50. The fraction of sp³-hybridized carbons (Fsp3) is 0.429. The molecule has 0 saturated carbocycles. The molecule has 29 heavy (non-hydrogen) atoms. The van der Waals surface area contributed by atoms with Crippen LogP contribution in [0.25, 0.3) is 0 Å². The Morgan fingerprint density at radius 2 is 2.00 bits per heavy atom. The van der Waals surface area contributed by atoms with E-state index in [2.05, 4.69) is 10.3 Å². The first-order valence-corrected chi connectivity index (χ1v) is 9.78. The summed E-state index contributed by atoms with van der Waals surface area (Å²) < 4.78 is 37.7. The number of benzene rings is 1. The van der Waals surface area contributed by atoms with Gasteiger partial charge in [0.05, 0.1) is 12.1 Å². The Morgan fingerprint density at radius 1 is 1.17 bits per heavy atom. The Balaban J connectivity index is 1.41. The molecule has 0 aliphatic carbocycles. The Labute approximate surface area is 167 Å². The number of anilines is 2. The minimum atomic E-state index is -4.17. The van der Waals surface area contributed by atoms with Crippen LogP contribution in [-0.4, -0.2) is 54.7 Å². The van der Waals surface area contributed by atoms with Gasteiger partial charge in [-0.25, -0.2) is 4.98 Å². The number of halogens is 3. The van der Waals surface area contributed by atoms with Crippen molar-refractivity contribution in [2.45, 2.75) is 19.0 Å². The van der Waals surface area contributed by atoms with Crippen molar-refractivity contribution in [1.29, 1.82) is 0 Å². The molecule has 1 unspecified atom stereocenters. The maximum Gasteiger partial charge on any atom is 0.401 e. The van der Waals surface area contributed by atoms with Crippen LogP contribution in [0.2, 0.25) is 0 Å². The van der Waals surface area contributed by atoms with E-state index in [4.69, 9.17) is 0 Å². The van der Waals surface area contributed by atoms with Gasteiger partial charge in [-0.15, -0.1) is 0 Å². The number of aromatic nitrogens is 1. The summed E-state index contributed by atoms with van der Waals surface area (Å²) in [5.74, 6) is 0.460. The van der Waals surface area contributed by atoms with E-state index >= 15 is 0 Å². The first-order chi connectivity index (χ1) is 13.9. The number of para-hydroxylation sites is 1. The van der Waals surface area contributed by atoms with Crippen LogP contribution in [-0.2, 0) is 6.42 Å². The Hall–Kier alpha value is -2.61. The van der Waals surface area contributed by atoms with Gasteiger partial charge in [0.2, 0.25) is 0 Å². The predicted molar refractivity (Wildman–Crippen MR) is 105 cm³/mol. The Kier molecular flexibility index (Phi) is 5.45. The maximum atomic E-state index is 13.1. The van der Waals surface area contributed by atoms with Crippen molar-refractivity contribution in [3.05, 3.63) is 53.7 Å². The van der Waals surface area contributed by atoms with Gasteiger partial charge in [-0.2, -0.15) is 13.2 Å². The lowest BCUT2D eigenvalue weighted by Gasteiger charge is -2.20. The van der Waals surface area contributed by atoms with Crippen molar-refractivity contribution in [2.24, 2.45) is 5.92 Å². The number of fused-ring (bicyclic) bond motifs is 1. The van der Waals surface area contributed by atoms with E-state index in [1.165, 1.54) is 4.90 Å². The van der Waals surface area contributed by atoms with E-state index in [0.717, 1.165) is 17.7 Å². The lowest BCUT2D eigenvalue weighted by molar-refractivity contribution is -0.143. The minimum absolute atomic E-state index is 0.0924. The van der Waals surface area contributed by atoms with Gasteiger partial charge in [-0.05, 0) is 49.1 Å². The second-order valence-electron chi connectivity index (χ2n) is 7.62. The molecule has 1 atom stereocenters. The van der Waals surface area contributed by atoms with Crippen LogP contribution in [0.5, 0.6) is 0 Å². The molecule has 3 heterocycles. The molecule has 2 aliphatic heterocycles. The molecule has 0 spiro atoms. The number of nitrogens with one attached hydrogen (secondary N) is 1. The van der Waals surface area contributed by atoms with Crippen LogP contribution in [0.4, 0.5) is 24.7 Å². The second kappa shape index (κ2) is 8.02. The van der Waals surface area contributed by atoms with E-state index in [0.29, 0.717) is 44.0 Å². The highest BCUT2D eigenvalue weighted by atomic mass is 19.4. The molecule has 1 saturated heterocycles. The number of hydrogen-bond acceptors (Lipinski definition) is 4. The number of carbonyl (C=O) groups excluding carboxylic acids is 1. The first kappa shape index (κ1) is 19.7. The lowest BCUT2D eigenvalue weighted by atomic mass is 10.1. The minimum Gasteiger partial charge on any atom is -0.369 e. The van der Waals surface area contributed by atoms with Gasteiger partial charge in [0.15, 0.2) is 0 Å². The van der Waals surface area contributed by atoms with Crippen molar-refractivity contribution in [3.63, 3.8) is 0 Å². The molecular weight excluding hydrogens is 381 g/mol. The van der Waals surface area contributed by atoms with E-state index < -0.39 is 12.7 Å². The summed E-state index contributed by atoms with van der Waals surface area (Å²) in [7, 11) is 0. The summed E-state index contributed by atoms with van der Waals surface area (Å²) in [5, 5.41) is 3.20. The molecular formula is C21H23F3N4O. The van der Waals surface area contributed by atoms with Gasteiger partial charge >= 0.3 is 6.18 Å². The molecule has 154 valence electrons. The SMILES string of the molecule is O=C(c1cccnc1NCC1CCN(CC(F)(F)F)C1)N1CCc2ccccc21. The highest BCUT2D eigenvalue weighted by molar-refractivity contribution is 6.10. The monoisotopic (exact) mass is 404 g/mol. The molecule has 2 aromatic rings. The zero-order valence-corrected chi connectivity index (χ0v) is 16.0. The van der Waals surface area contributed by atoms with Crippen LogP contribution in [0.15, 0.2) is 42.6 Å². The summed E-state index contributed by atoms with van der Waals surface area (Å²) in [6, 6.07) is 11.3. The molecule has 1 aromatic heterocycles. The van der Waals surface area contributed by atoms with E-state index in [-0.39, 0.29) is 11.8 Å². The average molecular weight is 404 g/mol. The van der Waals surface area contributed by atoms with Gasteiger partial charge in [0.1, 0.15) is 5.82 Å². The molecule has 5 nitrogen and oxygen atoms in total. The van der Waals surface area contributed by atoms with Crippen molar-refractivity contribution in [1.82, 2.24) is 9.88 Å². The third-order valence-electron chi connectivity index (χ3n) is 5.50. The van der Waals surface area contributed by atoms with E-state index in [1.807, 2.05) is 24.3 Å². The number of amides is 1. The van der Waals surface area contributed by atoms with Crippen LogP contribution in [0.3, 0.4) is 0 Å². The zero-order chi connectivity index (χ0) is 20.4. The summed E-state index contributed by atoms with van der Waals surface area (Å²) in [4.78, 5) is 20.7. The summed E-state index contributed by atoms with van der Waals surface area (Å²) in [5.41, 5.74) is 2.55. The molecule has 0 bridgehead atoms. The summed E-state index contributed by atoms with van der Waals surface area (Å²) in [6.45, 7) is 1.07. The lowest BCUT2D eigenvalue weighted by Crippen LogP contribution is -2.33. The average Bonchev–Trinajstić information content (AvgIpc) is 3.31. The van der Waals surface area contributed by atoms with Crippen LogP contribution in [0.1, 0.15) is 22.3 Å². The Morgan fingerprint density at radius 3 is 2.83 bits per heavy atom. The molecule has 1 aromatic carbocycles. The number of rotatable bonds is 5. The van der Waals surface area contributed by atoms with E-state index in [1.54, 1.807) is 23.2 Å². The quantitative estimate of drug-likeness (QED) is 0.828. The normalized spacial score (nSPS) is 19.4. The topological polar surface area (TPSA) is 48.5 Å². The number of alkyl halides is 3. The predicted octanol–water partition coefficient (Wildman–Crippen LogP) is 3.58. The van der Waals surface area contributed by atoms with E-state index in [9.17, 15) is 18.0 Å². The largest absolute Gasteiger partial charge is 0.401 e. The standard InChI is InChI=1S/C21H23F3N4O/c22-21(23,24)14-27-10-7-15(13-27)12-26-19-17(5-3-9-25-19)20(29)28-11-8-16-4-1-2-6-18(16)28/h1-6,9,15H,7-8,10-14H2,(H,25,26). The second-order valence-corrected chi connectivity index (χ2v) is 7.62. The highest BCUT2D eigenvalue weighted by Crippen LogP contribution is 2.30. The molecule has 1 amide bonds. The smallest absolute Gasteiger partial charge is 0.369 e. The van der Waals surface area contributed by atoms with Crippen LogP contribution < -0.4 is 10.2 Å². The van der Waals surface area contributed by atoms with Crippen LogP contribution >= 0.6 is 0 Å². The summed E-state index contributed by atoms with van der Waals surface area (Å²) in [6.07, 6.45) is -1.04. The molecule has 2 aliphatic rings. The van der Waals surface area contributed by atoms with Crippen molar-refractivity contribution < 1.29 is 18.0 Å². The molecule has 1 N–H and O–H groups in total. The van der Waals surface area contributed by atoms with Crippen molar-refractivity contribution in [3.8, 4) is 0 Å². The van der Waals surface area contributed by atoms with Gasteiger partial charge < -0.3 is 10.2 Å².